The summed E-state index contributed by atoms with van der Waals surface area (Å²) in [5.41, 5.74) is 4.50. The number of hydrogen-bond donors (Lipinski definition) is 4. The number of aliphatic carboxylic acids is 1. The molecule has 0 saturated carbocycles. The molecule has 0 bridgehead atoms. The van der Waals surface area contributed by atoms with Crippen LogP contribution in [0.5, 0.6) is 11.5 Å². The second-order valence-electron chi connectivity index (χ2n) is 12.5. The van der Waals surface area contributed by atoms with Gasteiger partial charge in [0, 0.05) is 59.7 Å². The van der Waals surface area contributed by atoms with E-state index in [1.807, 2.05) is 31.3 Å². The first-order chi connectivity index (χ1) is 24.2. The number of likely N-dealkylation sites (tertiary alicyclic amines) is 1. The van der Waals surface area contributed by atoms with Crippen LogP contribution in [0.3, 0.4) is 0 Å². The van der Waals surface area contributed by atoms with Crippen molar-refractivity contribution in [2.45, 2.75) is 70.9 Å². The number of carboxylic acid groups (broad SMARTS) is 1. The van der Waals surface area contributed by atoms with Gasteiger partial charge < -0.3 is 29.7 Å². The number of hydrogen-bond acceptors (Lipinski definition) is 9. The molecule has 5 rings (SSSR count). The summed E-state index contributed by atoms with van der Waals surface area (Å²) >= 11 is 10.5. The topological polar surface area (TPSA) is 146 Å². The third-order valence-corrected chi connectivity index (χ3v) is 10.1. The van der Waals surface area contributed by atoms with Crippen molar-refractivity contribution >= 4 is 50.2 Å². The van der Waals surface area contributed by atoms with Crippen molar-refractivity contribution < 1.29 is 34.4 Å². The Morgan fingerprint density at radius 2 is 1.86 bits per heavy atom. The van der Waals surface area contributed by atoms with Gasteiger partial charge in [0.25, 0.3) is 0 Å². The summed E-state index contributed by atoms with van der Waals surface area (Å²) in [6.07, 6.45) is 5.69. The molecular weight excluding hydrogens is 728 g/mol. The van der Waals surface area contributed by atoms with Crippen molar-refractivity contribution in [1.82, 2.24) is 20.0 Å². The van der Waals surface area contributed by atoms with Crippen molar-refractivity contribution in [1.29, 1.82) is 0 Å². The largest absolute Gasteiger partial charge is 0.487 e. The molecule has 4 N–H and O–H groups in total. The molecule has 1 fully saturated rings. The number of aromatic nitrogens is 2. The number of ether oxygens (including phenoxy) is 2. The molecule has 0 aliphatic carbocycles. The average Bonchev–Trinajstić information content (AvgIpc) is 3.72. The molecule has 1 saturated heterocycles. The smallest absolute Gasteiger partial charge is 0.323 e. The maximum absolute atomic E-state index is 12.2. The molecule has 0 radical (unpaired) electrons. The summed E-state index contributed by atoms with van der Waals surface area (Å²) in [4.78, 5) is 26.0. The number of aliphatic hydroxyl groups excluding tert-OH is 2. The van der Waals surface area contributed by atoms with Crippen LogP contribution in [-0.2, 0) is 29.3 Å². The number of fused-ring (bicyclic) bond motifs is 1. The minimum atomic E-state index is -1.19. The minimum Gasteiger partial charge on any atom is -0.487 e. The van der Waals surface area contributed by atoms with Gasteiger partial charge in [-0.25, -0.2) is 0 Å². The standard InChI is InChI=1S/C37H44BrClN4O7/c1-2-7-27(46)23-50-34-17-35(31(39)16-25(34)18-40-32(21-44)37(47)48)49-22-24-8-5-10-29(36(24)38)28-9-6-11-33-30(28)19-41-43(33)14-4-3-13-42-15-12-26(45)20-42/h5-6,8-11,16-17,19,26,32,40,44-45H,2-4,7,12-15,18,20-23H2,1H3,(H,47,48)/t26-,32+/m1/s1. The van der Waals surface area contributed by atoms with Crippen LogP contribution in [0.4, 0.5) is 0 Å². The molecule has 268 valence electrons. The SMILES string of the molecule is CCCC(=O)COc1cc(OCc2cccc(-c3cccc4c3cnn4CCCCN3CC[C@@H](O)C3)c2Br)c(Cl)cc1CN[C@@H](CO)C(=O)O. The van der Waals surface area contributed by atoms with Gasteiger partial charge in [0.05, 0.1) is 29.4 Å². The number of Topliss-reactive ketones (excluding diaryl/α,β-unsaturated/α-hetero) is 1. The van der Waals surface area contributed by atoms with Crippen LogP contribution in [-0.4, -0.2) is 86.7 Å². The molecule has 0 spiro atoms. The number of nitrogens with one attached hydrogen (secondary N) is 1. The Labute approximate surface area is 305 Å². The highest BCUT2D eigenvalue weighted by atomic mass is 79.9. The molecule has 2 heterocycles. The van der Waals surface area contributed by atoms with Crippen LogP contribution in [0.2, 0.25) is 5.02 Å². The van der Waals surface area contributed by atoms with E-state index in [4.69, 9.17) is 26.2 Å². The number of unbranched alkanes of at least 4 members (excludes halogenated alkanes) is 1. The zero-order chi connectivity index (χ0) is 35.6. The maximum atomic E-state index is 12.2. The number of halogens is 2. The number of carboxylic acids is 1. The number of aliphatic hydroxyl groups is 2. The fourth-order valence-corrected chi connectivity index (χ4v) is 6.95. The van der Waals surface area contributed by atoms with Crippen molar-refractivity contribution in [2.75, 3.05) is 32.8 Å². The zero-order valence-corrected chi connectivity index (χ0v) is 30.5. The monoisotopic (exact) mass is 770 g/mol. The number of β-amino-alcohol motifs (C(OH)–C–C–N with tert-alkyl or cyclic N) is 1. The molecule has 0 unspecified atom stereocenters. The number of benzene rings is 3. The summed E-state index contributed by atoms with van der Waals surface area (Å²) in [6, 6.07) is 14.2. The number of carbonyl (C=O) groups is 2. The summed E-state index contributed by atoms with van der Waals surface area (Å²) in [7, 11) is 0. The zero-order valence-electron chi connectivity index (χ0n) is 28.1. The number of ketones is 1. The van der Waals surface area contributed by atoms with Crippen molar-refractivity contribution in [3.63, 3.8) is 0 Å². The quantitative estimate of drug-likeness (QED) is 0.0860. The Morgan fingerprint density at radius 3 is 2.60 bits per heavy atom. The summed E-state index contributed by atoms with van der Waals surface area (Å²) < 4.78 is 15.0. The van der Waals surface area contributed by atoms with Crippen molar-refractivity contribution in [3.8, 4) is 22.6 Å². The summed E-state index contributed by atoms with van der Waals surface area (Å²) in [5.74, 6) is -0.590. The predicted molar refractivity (Wildman–Crippen MR) is 196 cm³/mol. The van der Waals surface area contributed by atoms with E-state index in [1.165, 1.54) is 0 Å². The Morgan fingerprint density at radius 1 is 1.08 bits per heavy atom. The van der Waals surface area contributed by atoms with Gasteiger partial charge in [0.2, 0.25) is 0 Å². The molecule has 0 amide bonds. The number of rotatable bonds is 19. The first-order valence-corrected chi connectivity index (χ1v) is 18.1. The van der Waals surface area contributed by atoms with Crippen LogP contribution in [0.25, 0.3) is 22.0 Å². The fraction of sp³-hybridized carbons (Fsp3) is 0.432. The molecule has 3 aromatic carbocycles. The second kappa shape index (κ2) is 18.1. The molecular formula is C37H44BrClN4O7. The molecule has 13 heteroatoms. The number of aryl methyl sites for hydroxylation is 1. The van der Waals surface area contributed by atoms with E-state index in [9.17, 15) is 24.9 Å². The van der Waals surface area contributed by atoms with E-state index in [2.05, 4.69) is 49.0 Å². The lowest BCUT2D eigenvalue weighted by Gasteiger charge is -2.18. The van der Waals surface area contributed by atoms with E-state index in [0.29, 0.717) is 29.9 Å². The van der Waals surface area contributed by atoms with Gasteiger partial charge in [0.15, 0.2) is 5.78 Å². The van der Waals surface area contributed by atoms with Crippen LogP contribution in [0, 0.1) is 0 Å². The molecule has 1 aliphatic heterocycles. The van der Waals surface area contributed by atoms with E-state index in [-0.39, 0.29) is 36.7 Å². The Kier molecular flexibility index (Phi) is 13.7. The van der Waals surface area contributed by atoms with Crippen LogP contribution in [0.1, 0.15) is 50.2 Å². The van der Waals surface area contributed by atoms with Gasteiger partial charge in [-0.15, -0.1) is 0 Å². The van der Waals surface area contributed by atoms with Gasteiger partial charge in [-0.3, -0.25) is 19.6 Å². The summed E-state index contributed by atoms with van der Waals surface area (Å²) in [5, 5.41) is 37.3. The Bertz CT molecular complexity index is 1780. The highest BCUT2D eigenvalue weighted by molar-refractivity contribution is 9.10. The average molecular weight is 772 g/mol. The lowest BCUT2D eigenvalue weighted by Crippen LogP contribution is -2.39. The highest BCUT2D eigenvalue weighted by Gasteiger charge is 2.21. The van der Waals surface area contributed by atoms with Crippen LogP contribution < -0.4 is 14.8 Å². The highest BCUT2D eigenvalue weighted by Crippen LogP contribution is 2.38. The Hall–Kier alpha value is -3.52. The summed E-state index contributed by atoms with van der Waals surface area (Å²) in [6.45, 7) is 4.91. The molecule has 50 heavy (non-hydrogen) atoms. The number of carbonyl (C=O) groups excluding carboxylic acids is 1. The van der Waals surface area contributed by atoms with Gasteiger partial charge >= 0.3 is 5.97 Å². The van der Waals surface area contributed by atoms with E-state index in [0.717, 1.165) is 77.5 Å². The minimum absolute atomic E-state index is 0.0359. The van der Waals surface area contributed by atoms with Gasteiger partial charge in [0.1, 0.15) is 30.8 Å². The van der Waals surface area contributed by atoms with Gasteiger partial charge in [-0.2, -0.15) is 5.10 Å². The Balaban J connectivity index is 1.30. The van der Waals surface area contributed by atoms with E-state index in [1.54, 1.807) is 12.1 Å². The van der Waals surface area contributed by atoms with E-state index >= 15 is 0 Å². The molecule has 1 aromatic heterocycles. The normalized spacial score (nSPS) is 15.4. The van der Waals surface area contributed by atoms with Gasteiger partial charge in [-0.05, 0) is 71.4 Å². The van der Waals surface area contributed by atoms with Crippen LogP contribution >= 0.6 is 27.5 Å². The first kappa shape index (κ1) is 37.7. The lowest BCUT2D eigenvalue weighted by molar-refractivity contribution is -0.140. The van der Waals surface area contributed by atoms with Crippen LogP contribution in [0.15, 0.2) is 59.2 Å². The molecule has 2 atom stereocenters. The maximum Gasteiger partial charge on any atom is 0.323 e. The molecule has 4 aromatic rings. The third-order valence-electron chi connectivity index (χ3n) is 8.83. The second-order valence-corrected chi connectivity index (χ2v) is 13.7. The van der Waals surface area contributed by atoms with Gasteiger partial charge in [-0.1, -0.05) is 48.9 Å². The third kappa shape index (κ3) is 9.62. The molecule has 1 aliphatic rings. The van der Waals surface area contributed by atoms with Crippen molar-refractivity contribution in [3.05, 3.63) is 75.4 Å². The van der Waals surface area contributed by atoms with Crippen molar-refractivity contribution in [2.24, 2.45) is 0 Å². The lowest BCUT2D eigenvalue weighted by atomic mass is 10.00. The van der Waals surface area contributed by atoms with E-state index < -0.39 is 18.6 Å². The first-order valence-electron chi connectivity index (χ1n) is 17.0. The predicted octanol–water partition coefficient (Wildman–Crippen LogP) is 5.83. The number of nitrogens with zero attached hydrogens (tertiary/aromatic N) is 3. The fourth-order valence-electron chi connectivity index (χ4n) is 6.11. The molecule has 11 nitrogen and oxygen atoms in total.